The lowest BCUT2D eigenvalue weighted by Gasteiger charge is -2.30. The highest BCUT2D eigenvalue weighted by atomic mass is 16.5. The second kappa shape index (κ2) is 5.88. The summed E-state index contributed by atoms with van der Waals surface area (Å²) in [6.07, 6.45) is 4.98. The van der Waals surface area contributed by atoms with Gasteiger partial charge in [0.25, 0.3) is 0 Å². The summed E-state index contributed by atoms with van der Waals surface area (Å²) in [5.74, 6) is 1.09. The van der Waals surface area contributed by atoms with Crippen molar-refractivity contribution in [1.82, 2.24) is 14.5 Å². The van der Waals surface area contributed by atoms with Gasteiger partial charge < -0.3 is 9.30 Å². The van der Waals surface area contributed by atoms with Crippen molar-refractivity contribution in [3.63, 3.8) is 0 Å². The molecule has 24 heavy (non-hydrogen) atoms. The third-order valence-corrected chi connectivity index (χ3v) is 4.84. The van der Waals surface area contributed by atoms with Crippen molar-refractivity contribution < 1.29 is 4.74 Å². The number of fused-ring (bicyclic) bond motifs is 3. The minimum Gasteiger partial charge on any atom is -0.378 e. The van der Waals surface area contributed by atoms with Crippen LogP contribution in [0.3, 0.4) is 0 Å². The van der Waals surface area contributed by atoms with Crippen molar-refractivity contribution in [3.8, 4) is 0 Å². The predicted octanol–water partition coefficient (Wildman–Crippen LogP) is 4.44. The zero-order valence-corrected chi connectivity index (χ0v) is 14.0. The summed E-state index contributed by atoms with van der Waals surface area (Å²) in [5, 5.41) is 1.02. The minimum atomic E-state index is 0.262. The van der Waals surface area contributed by atoms with Gasteiger partial charge in [-0.05, 0) is 31.9 Å². The van der Waals surface area contributed by atoms with Crippen LogP contribution in [0, 0.1) is 6.57 Å². The molecule has 4 rings (SSSR count). The summed E-state index contributed by atoms with van der Waals surface area (Å²) in [4.78, 5) is 12.9. The normalized spacial score (nSPS) is 21.2. The second-order valence-corrected chi connectivity index (χ2v) is 6.42. The second-order valence-electron chi connectivity index (χ2n) is 6.42. The summed E-state index contributed by atoms with van der Waals surface area (Å²) in [6, 6.07) is 6.08. The number of nitrogens with zero attached hydrogens (tertiary/aromatic N) is 4. The van der Waals surface area contributed by atoms with Gasteiger partial charge >= 0.3 is 0 Å². The van der Waals surface area contributed by atoms with E-state index in [9.17, 15) is 0 Å². The van der Waals surface area contributed by atoms with Crippen LogP contribution in [0.5, 0.6) is 0 Å². The van der Waals surface area contributed by atoms with Crippen molar-refractivity contribution >= 4 is 27.6 Å². The maximum atomic E-state index is 7.31. The van der Waals surface area contributed by atoms with Crippen LogP contribution in [0.1, 0.15) is 38.6 Å². The molecule has 1 aromatic carbocycles. The molecule has 2 atom stereocenters. The van der Waals surface area contributed by atoms with Crippen LogP contribution in [0.15, 0.2) is 24.4 Å². The zero-order chi connectivity index (χ0) is 16.7. The Kier molecular flexibility index (Phi) is 3.70. The molecule has 0 saturated carbocycles. The Morgan fingerprint density at radius 2 is 2.25 bits per heavy atom. The number of hydrogen-bond donors (Lipinski definition) is 0. The van der Waals surface area contributed by atoms with Crippen LogP contribution in [0.4, 0.5) is 5.69 Å². The van der Waals surface area contributed by atoms with Crippen molar-refractivity contribution in [3.05, 3.63) is 41.6 Å². The summed E-state index contributed by atoms with van der Waals surface area (Å²) < 4.78 is 8.11. The van der Waals surface area contributed by atoms with Gasteiger partial charge in [0.2, 0.25) is 0 Å². The molecule has 1 fully saturated rings. The van der Waals surface area contributed by atoms with E-state index in [2.05, 4.69) is 28.2 Å². The Hall–Kier alpha value is -2.45. The predicted molar refractivity (Wildman–Crippen MR) is 94.4 cm³/mol. The third kappa shape index (κ3) is 2.35. The van der Waals surface area contributed by atoms with Crippen LogP contribution in [0.25, 0.3) is 26.8 Å². The molecule has 0 unspecified atom stereocenters. The molecule has 3 heterocycles. The number of benzene rings is 1. The van der Waals surface area contributed by atoms with Crippen molar-refractivity contribution in [2.45, 2.75) is 45.3 Å². The topological polar surface area (TPSA) is 44.3 Å². The molecule has 0 amide bonds. The number of rotatable bonds is 2. The molecule has 0 radical (unpaired) electrons. The molecule has 3 aromatic rings. The average Bonchev–Trinajstić information content (AvgIpc) is 3.00. The Morgan fingerprint density at radius 3 is 3.00 bits per heavy atom. The molecule has 0 bridgehead atoms. The molecule has 5 heteroatoms. The van der Waals surface area contributed by atoms with Crippen molar-refractivity contribution in [2.75, 3.05) is 6.61 Å². The fourth-order valence-corrected chi connectivity index (χ4v) is 3.73. The lowest BCUT2D eigenvalue weighted by atomic mass is 10.0. The first-order valence-electron chi connectivity index (χ1n) is 8.50. The highest BCUT2D eigenvalue weighted by Crippen LogP contribution is 2.34. The van der Waals surface area contributed by atoms with E-state index in [1.54, 1.807) is 0 Å². The van der Waals surface area contributed by atoms with Crippen LogP contribution >= 0.6 is 0 Å². The standard InChI is InChI=1S/C19H20N4O/c1-4-18-22-17-11-21-16-6-5-13(20-3)10-15(16)19(17)23(18)14-7-8-24-12(2)9-14/h5-6,10-12,14H,4,7-9H2,1-2H3/t12-,14-/m1/s1. The highest BCUT2D eigenvalue weighted by molar-refractivity contribution is 6.03. The molecule has 0 N–H and O–H groups in total. The summed E-state index contributed by atoms with van der Waals surface area (Å²) in [5.41, 5.74) is 3.59. The summed E-state index contributed by atoms with van der Waals surface area (Å²) in [6.45, 7) is 12.4. The Morgan fingerprint density at radius 1 is 1.38 bits per heavy atom. The van der Waals surface area contributed by atoms with E-state index in [4.69, 9.17) is 16.3 Å². The van der Waals surface area contributed by atoms with E-state index in [1.807, 2.05) is 24.4 Å². The van der Waals surface area contributed by atoms with Gasteiger partial charge in [-0.1, -0.05) is 13.0 Å². The number of aromatic nitrogens is 3. The van der Waals surface area contributed by atoms with Crippen molar-refractivity contribution in [1.29, 1.82) is 0 Å². The Bertz CT molecular complexity index is 953. The molecule has 2 aromatic heterocycles. The molecule has 1 aliphatic heterocycles. The monoisotopic (exact) mass is 320 g/mol. The quantitative estimate of drug-likeness (QED) is 0.656. The van der Waals surface area contributed by atoms with Crippen molar-refractivity contribution in [2.24, 2.45) is 0 Å². The fourth-order valence-electron chi connectivity index (χ4n) is 3.73. The molecule has 1 aliphatic rings. The molecule has 1 saturated heterocycles. The fraction of sp³-hybridized carbons (Fsp3) is 0.421. The average molecular weight is 320 g/mol. The van der Waals surface area contributed by atoms with Gasteiger partial charge in [0.05, 0.1) is 29.9 Å². The highest BCUT2D eigenvalue weighted by Gasteiger charge is 2.25. The molecule has 0 spiro atoms. The summed E-state index contributed by atoms with van der Waals surface area (Å²) in [7, 11) is 0. The lowest BCUT2D eigenvalue weighted by molar-refractivity contribution is 0.00628. The smallest absolute Gasteiger partial charge is 0.188 e. The zero-order valence-electron chi connectivity index (χ0n) is 14.0. The van der Waals surface area contributed by atoms with Gasteiger partial charge in [-0.3, -0.25) is 4.98 Å². The first-order valence-corrected chi connectivity index (χ1v) is 8.50. The van der Waals surface area contributed by atoms with E-state index in [-0.39, 0.29) is 6.10 Å². The van der Waals surface area contributed by atoms with E-state index in [0.717, 1.165) is 53.6 Å². The van der Waals surface area contributed by atoms with E-state index < -0.39 is 0 Å². The van der Waals surface area contributed by atoms with Gasteiger partial charge in [0, 0.05) is 24.5 Å². The lowest BCUT2D eigenvalue weighted by Crippen LogP contribution is -2.26. The van der Waals surface area contributed by atoms with Crippen LogP contribution in [0.2, 0.25) is 0 Å². The van der Waals surface area contributed by atoms with E-state index in [0.29, 0.717) is 11.7 Å². The van der Waals surface area contributed by atoms with Gasteiger partial charge in [-0.25, -0.2) is 9.83 Å². The first-order chi connectivity index (χ1) is 11.7. The molecule has 5 nitrogen and oxygen atoms in total. The first kappa shape index (κ1) is 15.1. The number of aryl methyl sites for hydroxylation is 1. The van der Waals surface area contributed by atoms with Gasteiger partial charge in [-0.15, -0.1) is 0 Å². The number of pyridine rings is 1. The van der Waals surface area contributed by atoms with Crippen LogP contribution in [-0.2, 0) is 11.2 Å². The van der Waals surface area contributed by atoms with E-state index in [1.165, 1.54) is 0 Å². The largest absolute Gasteiger partial charge is 0.378 e. The maximum absolute atomic E-state index is 7.31. The summed E-state index contributed by atoms with van der Waals surface area (Å²) >= 11 is 0. The molecular weight excluding hydrogens is 300 g/mol. The Labute approximate surface area is 141 Å². The van der Waals surface area contributed by atoms with Gasteiger partial charge in [0.15, 0.2) is 5.69 Å². The number of ether oxygens (including phenoxy) is 1. The van der Waals surface area contributed by atoms with Gasteiger partial charge in [0.1, 0.15) is 11.3 Å². The number of hydrogen-bond acceptors (Lipinski definition) is 3. The van der Waals surface area contributed by atoms with E-state index >= 15 is 0 Å². The van der Waals surface area contributed by atoms with Crippen LogP contribution < -0.4 is 0 Å². The van der Waals surface area contributed by atoms with Gasteiger partial charge in [-0.2, -0.15) is 0 Å². The molecular formula is C19H20N4O. The molecule has 0 aliphatic carbocycles. The Balaban J connectivity index is 2.02. The SMILES string of the molecule is [C-]#[N+]c1ccc2ncc3nc(CC)n([C@@H]4CCO[C@H](C)C4)c3c2c1. The minimum absolute atomic E-state index is 0.262. The molecule has 122 valence electrons. The maximum Gasteiger partial charge on any atom is 0.188 e. The van der Waals surface area contributed by atoms with Crippen LogP contribution in [-0.4, -0.2) is 27.2 Å². The third-order valence-electron chi connectivity index (χ3n) is 4.84. The number of imidazole rings is 1.